The van der Waals surface area contributed by atoms with Crippen LogP contribution in [0, 0.1) is 5.92 Å². The summed E-state index contributed by atoms with van der Waals surface area (Å²) >= 11 is 0. The van der Waals surface area contributed by atoms with Gasteiger partial charge in [0, 0.05) is 32.7 Å². The lowest BCUT2D eigenvalue weighted by atomic mass is 9.96. The number of carbonyl (C=O) groups is 3. The maximum absolute atomic E-state index is 12.6. The highest BCUT2D eigenvalue weighted by Crippen LogP contribution is 2.20. The Morgan fingerprint density at radius 2 is 1.92 bits per heavy atom. The maximum atomic E-state index is 12.6. The molecule has 2 aliphatic heterocycles. The number of rotatable bonds is 5. The first kappa shape index (κ1) is 18.4. The molecule has 0 spiro atoms. The molecule has 1 atom stereocenters. The van der Waals surface area contributed by atoms with Gasteiger partial charge in [0.1, 0.15) is 0 Å². The predicted octanol–water partition coefficient (Wildman–Crippen LogP) is 0.118. The van der Waals surface area contributed by atoms with Gasteiger partial charge in [0.25, 0.3) is 0 Å². The first-order valence-corrected chi connectivity index (χ1v) is 8.62. The van der Waals surface area contributed by atoms with Crippen molar-refractivity contribution in [1.29, 1.82) is 0 Å². The van der Waals surface area contributed by atoms with Gasteiger partial charge in [-0.25, -0.2) is 0 Å². The van der Waals surface area contributed by atoms with Crippen LogP contribution in [0.1, 0.15) is 19.8 Å². The van der Waals surface area contributed by atoms with Crippen LogP contribution in [0.3, 0.4) is 0 Å². The third-order valence-electron chi connectivity index (χ3n) is 4.64. The Morgan fingerprint density at radius 3 is 2.54 bits per heavy atom. The van der Waals surface area contributed by atoms with E-state index in [1.165, 1.54) is 11.0 Å². The van der Waals surface area contributed by atoms with Crippen molar-refractivity contribution in [2.45, 2.75) is 19.8 Å². The summed E-state index contributed by atoms with van der Waals surface area (Å²) in [6.45, 7) is 9.28. The molecule has 2 aliphatic rings. The van der Waals surface area contributed by atoms with Gasteiger partial charge >= 0.3 is 0 Å². The van der Waals surface area contributed by atoms with Gasteiger partial charge in [-0.3, -0.25) is 14.4 Å². The number of hydrogen-bond donors (Lipinski definition) is 0. The van der Waals surface area contributed by atoms with Gasteiger partial charge in [-0.05, 0) is 25.8 Å². The molecule has 24 heavy (non-hydrogen) atoms. The fraction of sp³-hybridized carbons (Fsp3) is 0.706. The van der Waals surface area contributed by atoms with Crippen LogP contribution >= 0.6 is 0 Å². The van der Waals surface area contributed by atoms with Crippen molar-refractivity contribution >= 4 is 17.7 Å². The second kappa shape index (κ2) is 8.82. The van der Waals surface area contributed by atoms with Gasteiger partial charge in [0.05, 0.1) is 25.7 Å². The van der Waals surface area contributed by atoms with Crippen LogP contribution in [0.2, 0.25) is 0 Å². The van der Waals surface area contributed by atoms with E-state index in [1.807, 2.05) is 11.8 Å². The maximum Gasteiger partial charge on any atom is 0.246 e. The molecule has 2 rings (SSSR count). The molecule has 0 bridgehead atoms. The van der Waals surface area contributed by atoms with Crippen LogP contribution in [-0.4, -0.2) is 84.9 Å². The average Bonchev–Trinajstić information content (AvgIpc) is 2.65. The molecule has 3 amide bonds. The normalized spacial score (nSPS) is 21.3. The highest BCUT2D eigenvalue weighted by atomic mass is 16.5. The lowest BCUT2D eigenvalue weighted by Crippen LogP contribution is -2.51. The molecule has 7 nitrogen and oxygen atoms in total. The Hall–Kier alpha value is -1.89. The van der Waals surface area contributed by atoms with Crippen LogP contribution in [0.5, 0.6) is 0 Å². The van der Waals surface area contributed by atoms with E-state index in [1.54, 1.807) is 4.90 Å². The highest BCUT2D eigenvalue weighted by molar-refractivity contribution is 5.91. The van der Waals surface area contributed by atoms with E-state index in [2.05, 4.69) is 6.58 Å². The lowest BCUT2D eigenvalue weighted by Gasteiger charge is -2.36. The van der Waals surface area contributed by atoms with Crippen LogP contribution < -0.4 is 0 Å². The molecular weight excluding hydrogens is 310 g/mol. The number of nitrogens with zero attached hydrogens (tertiary/aromatic N) is 3. The van der Waals surface area contributed by atoms with Crippen molar-refractivity contribution in [2.24, 2.45) is 5.92 Å². The zero-order valence-electron chi connectivity index (χ0n) is 14.4. The Balaban J connectivity index is 1.91. The standard InChI is InChI=1S/C17H27N3O4/c1-3-15(21)18(4-2)13-16(22)20-7-5-6-14(12-20)17(23)19-8-10-24-11-9-19/h3,14H,1,4-13H2,2H3. The summed E-state index contributed by atoms with van der Waals surface area (Å²) in [6, 6.07) is 0. The summed E-state index contributed by atoms with van der Waals surface area (Å²) in [4.78, 5) is 41.8. The van der Waals surface area contributed by atoms with Crippen LogP contribution in [-0.2, 0) is 19.1 Å². The minimum atomic E-state index is -0.246. The lowest BCUT2D eigenvalue weighted by molar-refractivity contribution is -0.145. The smallest absolute Gasteiger partial charge is 0.246 e. The zero-order chi connectivity index (χ0) is 17.5. The fourth-order valence-electron chi connectivity index (χ4n) is 3.19. The molecule has 0 aliphatic carbocycles. The molecule has 1 unspecified atom stereocenters. The van der Waals surface area contributed by atoms with Crippen molar-refractivity contribution in [1.82, 2.24) is 14.7 Å². The Labute approximate surface area is 143 Å². The number of ether oxygens (including phenoxy) is 1. The topological polar surface area (TPSA) is 70.2 Å². The monoisotopic (exact) mass is 337 g/mol. The number of carbonyl (C=O) groups excluding carboxylic acids is 3. The quantitative estimate of drug-likeness (QED) is 0.668. The second-order valence-corrected chi connectivity index (χ2v) is 6.17. The summed E-state index contributed by atoms with van der Waals surface area (Å²) in [5.41, 5.74) is 0. The Bertz CT molecular complexity index is 488. The predicted molar refractivity (Wildman–Crippen MR) is 89.2 cm³/mol. The van der Waals surface area contributed by atoms with Crippen molar-refractivity contribution in [2.75, 3.05) is 52.5 Å². The van der Waals surface area contributed by atoms with Gasteiger partial charge in [0.2, 0.25) is 17.7 Å². The molecule has 7 heteroatoms. The van der Waals surface area contributed by atoms with E-state index in [9.17, 15) is 14.4 Å². The molecule has 2 saturated heterocycles. The minimum absolute atomic E-state index is 0.0415. The third kappa shape index (κ3) is 4.56. The van der Waals surface area contributed by atoms with Gasteiger partial charge in [0.15, 0.2) is 0 Å². The van der Waals surface area contributed by atoms with Crippen molar-refractivity contribution in [3.8, 4) is 0 Å². The molecule has 2 fully saturated rings. The Morgan fingerprint density at radius 1 is 1.21 bits per heavy atom. The Kier molecular flexibility index (Phi) is 6.78. The number of likely N-dealkylation sites (tertiary alicyclic amines) is 1. The van der Waals surface area contributed by atoms with E-state index < -0.39 is 0 Å². The average molecular weight is 337 g/mol. The molecular formula is C17H27N3O4. The van der Waals surface area contributed by atoms with E-state index in [0.717, 1.165) is 12.8 Å². The minimum Gasteiger partial charge on any atom is -0.378 e. The van der Waals surface area contributed by atoms with Crippen molar-refractivity contribution in [3.63, 3.8) is 0 Å². The third-order valence-corrected chi connectivity index (χ3v) is 4.64. The van der Waals surface area contributed by atoms with E-state index in [4.69, 9.17) is 4.74 Å². The fourth-order valence-corrected chi connectivity index (χ4v) is 3.19. The molecule has 134 valence electrons. The van der Waals surface area contributed by atoms with Crippen molar-refractivity contribution < 1.29 is 19.1 Å². The first-order chi connectivity index (χ1) is 11.6. The molecule has 0 N–H and O–H groups in total. The summed E-state index contributed by atoms with van der Waals surface area (Å²) in [5, 5.41) is 0. The summed E-state index contributed by atoms with van der Waals surface area (Å²) < 4.78 is 5.28. The summed E-state index contributed by atoms with van der Waals surface area (Å²) in [7, 11) is 0. The van der Waals surface area contributed by atoms with Crippen LogP contribution in [0.25, 0.3) is 0 Å². The zero-order valence-corrected chi connectivity index (χ0v) is 14.4. The van der Waals surface area contributed by atoms with E-state index in [-0.39, 0.29) is 30.2 Å². The van der Waals surface area contributed by atoms with Crippen LogP contribution in [0.15, 0.2) is 12.7 Å². The largest absolute Gasteiger partial charge is 0.378 e. The van der Waals surface area contributed by atoms with Crippen molar-refractivity contribution in [3.05, 3.63) is 12.7 Å². The number of hydrogen-bond acceptors (Lipinski definition) is 4. The second-order valence-electron chi connectivity index (χ2n) is 6.17. The number of amides is 3. The summed E-state index contributed by atoms with van der Waals surface area (Å²) in [6.07, 6.45) is 2.84. The first-order valence-electron chi connectivity index (χ1n) is 8.62. The number of morpholine rings is 1. The molecule has 0 radical (unpaired) electrons. The highest BCUT2D eigenvalue weighted by Gasteiger charge is 2.32. The molecule has 0 aromatic rings. The number of likely N-dealkylation sites (N-methyl/N-ethyl adjacent to an activating group) is 1. The number of piperidine rings is 1. The van der Waals surface area contributed by atoms with Gasteiger partial charge < -0.3 is 19.4 Å². The molecule has 0 aromatic heterocycles. The molecule has 0 saturated carbocycles. The molecule has 0 aromatic carbocycles. The van der Waals surface area contributed by atoms with Crippen LogP contribution in [0.4, 0.5) is 0 Å². The van der Waals surface area contributed by atoms with Gasteiger partial charge in [-0.2, -0.15) is 0 Å². The van der Waals surface area contributed by atoms with E-state index >= 15 is 0 Å². The van der Waals surface area contributed by atoms with Gasteiger partial charge in [-0.1, -0.05) is 6.58 Å². The SMILES string of the molecule is C=CC(=O)N(CC)CC(=O)N1CCCC(C(=O)N2CCOCC2)C1. The van der Waals surface area contributed by atoms with Gasteiger partial charge in [-0.15, -0.1) is 0 Å². The van der Waals surface area contributed by atoms with E-state index in [0.29, 0.717) is 45.9 Å². The molecule has 2 heterocycles. The summed E-state index contributed by atoms with van der Waals surface area (Å²) in [5.74, 6) is -0.383.